The third-order valence-electron chi connectivity index (χ3n) is 6.47. The van der Waals surface area contributed by atoms with Gasteiger partial charge in [-0.25, -0.2) is 8.42 Å². The highest BCUT2D eigenvalue weighted by molar-refractivity contribution is 7.92. The summed E-state index contributed by atoms with van der Waals surface area (Å²) in [4.78, 5) is 28.2. The number of benzene rings is 2. The molecule has 0 saturated heterocycles. The van der Waals surface area contributed by atoms with Crippen LogP contribution in [0.5, 0.6) is 5.75 Å². The third-order valence-corrected chi connectivity index (χ3v) is 7.84. The second kappa shape index (κ2) is 12.0. The number of amides is 2. The quantitative estimate of drug-likeness (QED) is 0.498. The molecular formula is C26H34ClN3O5S. The smallest absolute Gasteiger partial charge is 0.244 e. The molecular weight excluding hydrogens is 502 g/mol. The maximum absolute atomic E-state index is 13.7. The van der Waals surface area contributed by atoms with Crippen LogP contribution in [-0.2, 0) is 26.2 Å². The van der Waals surface area contributed by atoms with Crippen LogP contribution in [0, 0.1) is 6.92 Å². The van der Waals surface area contributed by atoms with Crippen molar-refractivity contribution in [2.45, 2.75) is 58.2 Å². The molecule has 1 N–H and O–H groups in total. The van der Waals surface area contributed by atoms with E-state index in [1.165, 1.54) is 11.0 Å². The summed E-state index contributed by atoms with van der Waals surface area (Å²) in [6.07, 6.45) is 5.00. The van der Waals surface area contributed by atoms with Gasteiger partial charge in [0, 0.05) is 17.6 Å². The van der Waals surface area contributed by atoms with E-state index in [0.29, 0.717) is 22.0 Å². The summed E-state index contributed by atoms with van der Waals surface area (Å²) in [6, 6.07) is 11.4. The lowest BCUT2D eigenvalue weighted by Gasteiger charge is -2.32. The Kier molecular flexibility index (Phi) is 9.24. The predicted molar refractivity (Wildman–Crippen MR) is 142 cm³/mol. The van der Waals surface area contributed by atoms with Crippen molar-refractivity contribution >= 4 is 39.1 Å². The number of ether oxygens (including phenoxy) is 1. The standard InChI is InChI=1S/C26H34ClN3O5S/c1-18-12-13-21(27)15-24(18)30(36(4,33)34)17-25(31)29(16-20-8-7-11-23(14-20)35-3)19(2)26(32)28-22-9-5-6-10-22/h7-8,11-15,19,22H,5-6,9-10,16-17H2,1-4H3,(H,28,32). The second-order valence-corrected chi connectivity index (χ2v) is 11.6. The first-order valence-corrected chi connectivity index (χ1v) is 14.2. The first kappa shape index (κ1) is 27.8. The van der Waals surface area contributed by atoms with Gasteiger partial charge in [-0.05, 0) is 62.1 Å². The summed E-state index contributed by atoms with van der Waals surface area (Å²) in [5, 5.41) is 3.40. The van der Waals surface area contributed by atoms with Crippen LogP contribution in [0.3, 0.4) is 0 Å². The molecule has 2 aromatic rings. The SMILES string of the molecule is COc1cccc(CN(C(=O)CN(c2cc(Cl)ccc2C)S(C)(=O)=O)C(C)C(=O)NC2CCCC2)c1. The van der Waals surface area contributed by atoms with Gasteiger partial charge in [0.15, 0.2) is 0 Å². The van der Waals surface area contributed by atoms with E-state index in [-0.39, 0.29) is 18.5 Å². The monoisotopic (exact) mass is 535 g/mol. The maximum atomic E-state index is 13.7. The lowest BCUT2D eigenvalue weighted by atomic mass is 10.1. The number of nitrogens with zero attached hydrogens (tertiary/aromatic N) is 2. The van der Waals surface area contributed by atoms with Crippen LogP contribution in [0.15, 0.2) is 42.5 Å². The third kappa shape index (κ3) is 7.13. The number of halogens is 1. The molecule has 1 saturated carbocycles. The van der Waals surface area contributed by atoms with E-state index in [9.17, 15) is 18.0 Å². The van der Waals surface area contributed by atoms with Crippen molar-refractivity contribution < 1.29 is 22.7 Å². The van der Waals surface area contributed by atoms with E-state index in [4.69, 9.17) is 16.3 Å². The Morgan fingerprint density at radius 2 is 1.86 bits per heavy atom. The number of methoxy groups -OCH3 is 1. The van der Waals surface area contributed by atoms with Gasteiger partial charge in [0.2, 0.25) is 21.8 Å². The second-order valence-electron chi connectivity index (χ2n) is 9.24. The average molecular weight is 536 g/mol. The van der Waals surface area contributed by atoms with E-state index in [0.717, 1.165) is 41.8 Å². The van der Waals surface area contributed by atoms with Crippen molar-refractivity contribution in [3.8, 4) is 5.75 Å². The van der Waals surface area contributed by atoms with Crippen LogP contribution in [0.1, 0.15) is 43.7 Å². The number of sulfonamides is 1. The first-order valence-electron chi connectivity index (χ1n) is 12.0. The molecule has 1 unspecified atom stereocenters. The van der Waals surface area contributed by atoms with Crippen LogP contribution in [-0.4, -0.2) is 57.1 Å². The number of hydrogen-bond donors (Lipinski definition) is 1. The number of carbonyl (C=O) groups is 2. The zero-order valence-electron chi connectivity index (χ0n) is 21.2. The Morgan fingerprint density at radius 3 is 2.50 bits per heavy atom. The molecule has 2 amide bonds. The molecule has 0 aromatic heterocycles. The Labute approximate surface area is 218 Å². The van der Waals surface area contributed by atoms with Gasteiger partial charge in [0.1, 0.15) is 18.3 Å². The minimum absolute atomic E-state index is 0.0929. The van der Waals surface area contributed by atoms with Crippen molar-refractivity contribution in [1.82, 2.24) is 10.2 Å². The average Bonchev–Trinajstić information content (AvgIpc) is 3.34. The van der Waals surface area contributed by atoms with Gasteiger partial charge in [0.25, 0.3) is 0 Å². The first-order chi connectivity index (χ1) is 17.0. The minimum atomic E-state index is -3.83. The molecule has 196 valence electrons. The van der Waals surface area contributed by atoms with Crippen LogP contribution in [0.4, 0.5) is 5.69 Å². The van der Waals surface area contributed by atoms with E-state index in [2.05, 4.69) is 5.32 Å². The molecule has 36 heavy (non-hydrogen) atoms. The van der Waals surface area contributed by atoms with Crippen LogP contribution < -0.4 is 14.4 Å². The zero-order valence-corrected chi connectivity index (χ0v) is 22.7. The van der Waals surface area contributed by atoms with Crippen molar-refractivity contribution in [3.05, 3.63) is 58.6 Å². The summed E-state index contributed by atoms with van der Waals surface area (Å²) < 4.78 is 31.8. The molecule has 0 heterocycles. The Bertz CT molecular complexity index is 1200. The van der Waals surface area contributed by atoms with E-state index in [1.807, 2.05) is 6.07 Å². The maximum Gasteiger partial charge on any atom is 0.244 e. The molecule has 8 nitrogen and oxygen atoms in total. The molecule has 2 aromatic carbocycles. The van der Waals surface area contributed by atoms with Crippen LogP contribution in [0.25, 0.3) is 0 Å². The molecule has 0 aliphatic heterocycles. The van der Waals surface area contributed by atoms with Crippen molar-refractivity contribution in [3.63, 3.8) is 0 Å². The fraction of sp³-hybridized carbons (Fsp3) is 0.462. The number of carbonyl (C=O) groups excluding carboxylic acids is 2. The minimum Gasteiger partial charge on any atom is -0.497 e. The largest absolute Gasteiger partial charge is 0.497 e. The highest BCUT2D eigenvalue weighted by Gasteiger charge is 2.32. The van der Waals surface area contributed by atoms with Crippen molar-refractivity contribution in [2.75, 3.05) is 24.2 Å². The van der Waals surface area contributed by atoms with Crippen LogP contribution >= 0.6 is 11.6 Å². The normalized spacial score (nSPS) is 14.8. The molecule has 0 radical (unpaired) electrons. The van der Waals surface area contributed by atoms with Gasteiger partial charge in [-0.3, -0.25) is 13.9 Å². The molecule has 1 aliphatic carbocycles. The number of anilines is 1. The molecule has 3 rings (SSSR count). The molecule has 10 heteroatoms. The fourth-order valence-electron chi connectivity index (χ4n) is 4.39. The summed E-state index contributed by atoms with van der Waals surface area (Å²) in [7, 11) is -2.27. The van der Waals surface area contributed by atoms with Crippen LogP contribution in [0.2, 0.25) is 5.02 Å². The molecule has 1 atom stereocenters. The Hall–Kier alpha value is -2.78. The van der Waals surface area contributed by atoms with Gasteiger partial charge in [-0.15, -0.1) is 0 Å². The number of rotatable bonds is 10. The summed E-state index contributed by atoms with van der Waals surface area (Å²) >= 11 is 6.14. The summed E-state index contributed by atoms with van der Waals surface area (Å²) in [6.45, 7) is 3.06. The van der Waals surface area contributed by atoms with Gasteiger partial charge in [0.05, 0.1) is 19.1 Å². The van der Waals surface area contributed by atoms with Crippen molar-refractivity contribution in [2.24, 2.45) is 0 Å². The van der Waals surface area contributed by atoms with Crippen molar-refractivity contribution in [1.29, 1.82) is 0 Å². The van der Waals surface area contributed by atoms with E-state index < -0.39 is 28.5 Å². The van der Waals surface area contributed by atoms with Gasteiger partial charge < -0.3 is 15.0 Å². The van der Waals surface area contributed by atoms with E-state index in [1.54, 1.807) is 51.3 Å². The Balaban J connectivity index is 1.92. The number of aryl methyl sites for hydroxylation is 1. The topological polar surface area (TPSA) is 96.0 Å². The van der Waals surface area contributed by atoms with Gasteiger partial charge in [-0.1, -0.05) is 42.6 Å². The Morgan fingerprint density at radius 1 is 1.17 bits per heavy atom. The lowest BCUT2D eigenvalue weighted by molar-refractivity contribution is -0.139. The lowest BCUT2D eigenvalue weighted by Crippen LogP contribution is -2.52. The summed E-state index contributed by atoms with van der Waals surface area (Å²) in [5.41, 5.74) is 1.74. The van der Waals surface area contributed by atoms with E-state index >= 15 is 0 Å². The number of hydrogen-bond acceptors (Lipinski definition) is 5. The van der Waals surface area contributed by atoms with Gasteiger partial charge in [-0.2, -0.15) is 0 Å². The predicted octanol–water partition coefficient (Wildman–Crippen LogP) is 3.90. The van der Waals surface area contributed by atoms with Gasteiger partial charge >= 0.3 is 0 Å². The molecule has 1 aliphatic rings. The number of nitrogens with one attached hydrogen (secondary N) is 1. The highest BCUT2D eigenvalue weighted by atomic mass is 35.5. The highest BCUT2D eigenvalue weighted by Crippen LogP contribution is 2.27. The fourth-order valence-corrected chi connectivity index (χ4v) is 5.45. The molecule has 0 bridgehead atoms. The zero-order chi connectivity index (χ0) is 26.5. The summed E-state index contributed by atoms with van der Waals surface area (Å²) in [5.74, 6) is -0.144. The molecule has 1 fully saturated rings. The molecule has 0 spiro atoms.